The number of ether oxygens (including phenoxy) is 1. The lowest BCUT2D eigenvalue weighted by Gasteiger charge is -2.16. The number of carbonyl (C=O) groups is 1. The molecule has 0 radical (unpaired) electrons. The Labute approximate surface area is 124 Å². The number of fused-ring (bicyclic) bond motifs is 1. The van der Waals surface area contributed by atoms with Gasteiger partial charge in [0, 0.05) is 38.7 Å². The van der Waals surface area contributed by atoms with Crippen LogP contribution in [0, 0.1) is 20.8 Å². The van der Waals surface area contributed by atoms with E-state index in [2.05, 4.69) is 10.1 Å². The highest BCUT2D eigenvalue weighted by Crippen LogP contribution is 2.17. The number of rotatable bonds is 5. The second-order valence-corrected chi connectivity index (χ2v) is 5.31. The van der Waals surface area contributed by atoms with Crippen LogP contribution in [0.4, 0.5) is 0 Å². The van der Waals surface area contributed by atoms with Gasteiger partial charge in [-0.1, -0.05) is 0 Å². The van der Waals surface area contributed by atoms with Crippen molar-refractivity contribution in [2.24, 2.45) is 0 Å². The Kier molecular flexibility index (Phi) is 4.57. The molecular formula is C15H22N4O2. The first-order chi connectivity index (χ1) is 9.95. The van der Waals surface area contributed by atoms with Gasteiger partial charge in [0.1, 0.15) is 5.56 Å². The van der Waals surface area contributed by atoms with Crippen LogP contribution in [0.2, 0.25) is 0 Å². The molecule has 0 aliphatic heterocycles. The average Bonchev–Trinajstić information content (AvgIpc) is 2.74. The number of aryl methyl sites for hydroxylation is 3. The molecule has 114 valence electrons. The molecule has 0 aromatic carbocycles. The Morgan fingerprint density at radius 1 is 1.38 bits per heavy atom. The van der Waals surface area contributed by atoms with Gasteiger partial charge in [-0.15, -0.1) is 0 Å². The molecule has 2 rings (SSSR count). The summed E-state index contributed by atoms with van der Waals surface area (Å²) < 4.78 is 6.76. The van der Waals surface area contributed by atoms with Crippen LogP contribution in [-0.2, 0) is 4.74 Å². The molecule has 6 heteroatoms. The Morgan fingerprint density at radius 3 is 2.76 bits per heavy atom. The molecule has 2 aromatic heterocycles. The zero-order chi connectivity index (χ0) is 15.6. The lowest BCUT2D eigenvalue weighted by atomic mass is 10.2. The van der Waals surface area contributed by atoms with Crippen LogP contribution in [-0.4, -0.2) is 52.7 Å². The third-order valence-corrected chi connectivity index (χ3v) is 3.47. The van der Waals surface area contributed by atoms with Crippen LogP contribution in [0.25, 0.3) is 5.65 Å². The Morgan fingerprint density at radius 2 is 2.10 bits per heavy atom. The van der Waals surface area contributed by atoms with Crippen LogP contribution in [0.5, 0.6) is 0 Å². The van der Waals surface area contributed by atoms with E-state index in [0.29, 0.717) is 30.1 Å². The van der Waals surface area contributed by atoms with Crippen molar-refractivity contribution >= 4 is 11.6 Å². The molecule has 1 amide bonds. The van der Waals surface area contributed by atoms with E-state index in [0.717, 1.165) is 17.8 Å². The van der Waals surface area contributed by atoms with Crippen molar-refractivity contribution < 1.29 is 9.53 Å². The summed E-state index contributed by atoms with van der Waals surface area (Å²) in [5, 5.41) is 4.44. The van der Waals surface area contributed by atoms with E-state index in [-0.39, 0.29) is 5.91 Å². The van der Waals surface area contributed by atoms with Crippen molar-refractivity contribution in [2.75, 3.05) is 27.3 Å². The normalized spacial score (nSPS) is 11.1. The summed E-state index contributed by atoms with van der Waals surface area (Å²) in [4.78, 5) is 18.8. The number of methoxy groups -OCH3 is 1. The van der Waals surface area contributed by atoms with E-state index in [1.165, 1.54) is 0 Å². The van der Waals surface area contributed by atoms with E-state index in [1.54, 1.807) is 23.6 Å². The van der Waals surface area contributed by atoms with Crippen molar-refractivity contribution in [3.63, 3.8) is 0 Å². The number of nitrogens with zero attached hydrogens (tertiary/aromatic N) is 4. The summed E-state index contributed by atoms with van der Waals surface area (Å²) in [5.74, 6) is -0.0453. The first kappa shape index (κ1) is 15.4. The molecule has 6 nitrogen and oxygen atoms in total. The maximum Gasteiger partial charge on any atom is 0.259 e. The Bertz CT molecular complexity index is 663. The molecule has 0 fully saturated rings. The third-order valence-electron chi connectivity index (χ3n) is 3.47. The number of hydrogen-bond acceptors (Lipinski definition) is 4. The van der Waals surface area contributed by atoms with Crippen LogP contribution in [0.3, 0.4) is 0 Å². The highest BCUT2D eigenvalue weighted by Gasteiger charge is 2.22. The predicted molar refractivity (Wildman–Crippen MR) is 80.7 cm³/mol. The van der Waals surface area contributed by atoms with Crippen molar-refractivity contribution in [2.45, 2.75) is 27.2 Å². The number of aromatic nitrogens is 3. The maximum atomic E-state index is 12.6. The topological polar surface area (TPSA) is 59.7 Å². The van der Waals surface area contributed by atoms with Gasteiger partial charge in [-0.2, -0.15) is 5.10 Å². The molecule has 0 aliphatic carbocycles. The fourth-order valence-electron chi connectivity index (χ4n) is 2.42. The highest BCUT2D eigenvalue weighted by molar-refractivity contribution is 6.00. The third kappa shape index (κ3) is 3.05. The first-order valence-electron chi connectivity index (χ1n) is 7.03. The predicted octanol–water partition coefficient (Wildman–Crippen LogP) is 1.76. The van der Waals surface area contributed by atoms with Crippen molar-refractivity contribution in [1.82, 2.24) is 19.5 Å². The van der Waals surface area contributed by atoms with E-state index in [9.17, 15) is 4.79 Å². The number of carbonyl (C=O) groups excluding carboxylic acids is 1. The first-order valence-corrected chi connectivity index (χ1v) is 7.03. The van der Waals surface area contributed by atoms with Crippen LogP contribution < -0.4 is 0 Å². The van der Waals surface area contributed by atoms with Gasteiger partial charge < -0.3 is 9.64 Å². The van der Waals surface area contributed by atoms with E-state index in [4.69, 9.17) is 4.74 Å². The van der Waals surface area contributed by atoms with E-state index < -0.39 is 0 Å². The molecule has 2 aromatic rings. The molecule has 0 spiro atoms. The Balaban J connectivity index is 2.37. The summed E-state index contributed by atoms with van der Waals surface area (Å²) >= 11 is 0. The standard InChI is InChI=1S/C15H22N4O2/c1-10-9-11(2)19-14(16-10)13(12(3)17-19)15(20)18(4)7-6-8-21-5/h9H,6-8H2,1-5H3. The van der Waals surface area contributed by atoms with Gasteiger partial charge in [-0.05, 0) is 33.3 Å². The van der Waals surface area contributed by atoms with Crippen LogP contribution in [0.1, 0.15) is 33.9 Å². The van der Waals surface area contributed by atoms with Gasteiger partial charge in [0.25, 0.3) is 5.91 Å². The van der Waals surface area contributed by atoms with Crippen LogP contribution >= 0.6 is 0 Å². The molecular weight excluding hydrogens is 268 g/mol. The minimum atomic E-state index is -0.0453. The number of hydrogen-bond donors (Lipinski definition) is 0. The summed E-state index contributed by atoms with van der Waals surface area (Å²) in [6, 6.07) is 1.95. The van der Waals surface area contributed by atoms with Gasteiger partial charge in [0.2, 0.25) is 0 Å². The minimum Gasteiger partial charge on any atom is -0.385 e. The molecule has 21 heavy (non-hydrogen) atoms. The zero-order valence-corrected chi connectivity index (χ0v) is 13.3. The summed E-state index contributed by atoms with van der Waals surface area (Å²) in [6.07, 6.45) is 0.808. The summed E-state index contributed by atoms with van der Waals surface area (Å²) in [7, 11) is 3.45. The molecule has 0 bridgehead atoms. The second kappa shape index (κ2) is 6.22. The average molecular weight is 290 g/mol. The molecule has 0 atom stereocenters. The fourth-order valence-corrected chi connectivity index (χ4v) is 2.42. The highest BCUT2D eigenvalue weighted by atomic mass is 16.5. The van der Waals surface area contributed by atoms with Gasteiger partial charge in [0.05, 0.1) is 5.69 Å². The van der Waals surface area contributed by atoms with Crippen molar-refractivity contribution in [3.05, 3.63) is 28.7 Å². The van der Waals surface area contributed by atoms with Gasteiger partial charge in [-0.3, -0.25) is 4.79 Å². The quantitative estimate of drug-likeness (QED) is 0.787. The maximum absolute atomic E-state index is 12.6. The lowest BCUT2D eigenvalue weighted by molar-refractivity contribution is 0.0780. The minimum absolute atomic E-state index is 0.0453. The summed E-state index contributed by atoms with van der Waals surface area (Å²) in [6.45, 7) is 7.02. The van der Waals surface area contributed by atoms with Crippen LogP contribution in [0.15, 0.2) is 6.07 Å². The van der Waals surface area contributed by atoms with Crippen molar-refractivity contribution in [3.8, 4) is 0 Å². The van der Waals surface area contributed by atoms with E-state index in [1.807, 2.05) is 26.8 Å². The molecule has 2 heterocycles. The SMILES string of the molecule is COCCCN(C)C(=O)c1c(C)nn2c(C)cc(C)nc12. The summed E-state index contributed by atoms with van der Waals surface area (Å²) in [5.41, 5.74) is 3.78. The van der Waals surface area contributed by atoms with Gasteiger partial charge >= 0.3 is 0 Å². The fraction of sp³-hybridized carbons (Fsp3) is 0.533. The molecule has 0 saturated heterocycles. The molecule has 0 unspecified atom stereocenters. The largest absolute Gasteiger partial charge is 0.385 e. The van der Waals surface area contributed by atoms with Gasteiger partial charge in [0.15, 0.2) is 5.65 Å². The second-order valence-electron chi connectivity index (χ2n) is 5.31. The van der Waals surface area contributed by atoms with Gasteiger partial charge in [-0.25, -0.2) is 9.50 Å². The monoisotopic (exact) mass is 290 g/mol. The Hall–Kier alpha value is -1.95. The molecule has 0 N–H and O–H groups in total. The van der Waals surface area contributed by atoms with Crippen molar-refractivity contribution in [1.29, 1.82) is 0 Å². The zero-order valence-electron chi connectivity index (χ0n) is 13.3. The smallest absolute Gasteiger partial charge is 0.259 e. The number of amides is 1. The van der Waals surface area contributed by atoms with E-state index >= 15 is 0 Å². The molecule has 0 saturated carbocycles. The lowest BCUT2D eigenvalue weighted by Crippen LogP contribution is -2.29. The molecule has 0 aliphatic rings.